The summed E-state index contributed by atoms with van der Waals surface area (Å²) in [5.41, 5.74) is 5.66. The average molecular weight is 278 g/mol. The van der Waals surface area contributed by atoms with Gasteiger partial charge in [0, 0.05) is 12.6 Å². The summed E-state index contributed by atoms with van der Waals surface area (Å²) in [5.74, 6) is 0.390. The number of likely N-dealkylation sites (tertiary alicyclic amines) is 1. The van der Waals surface area contributed by atoms with Crippen molar-refractivity contribution in [2.75, 3.05) is 33.2 Å². The van der Waals surface area contributed by atoms with Crippen molar-refractivity contribution in [3.05, 3.63) is 0 Å². The zero-order valence-corrected chi connectivity index (χ0v) is 13.1. The van der Waals surface area contributed by atoms with Crippen LogP contribution in [-0.2, 0) is 0 Å². The Hall–Kier alpha value is -0.630. The SMILES string of the molecule is CCN1CCCC1CN(C)CCC1CCCC1(N)C#N. The maximum atomic E-state index is 9.26. The molecule has 2 N–H and O–H groups in total. The number of hydrogen-bond acceptors (Lipinski definition) is 4. The van der Waals surface area contributed by atoms with Crippen molar-refractivity contribution >= 4 is 0 Å². The number of likely N-dealkylation sites (N-methyl/N-ethyl adjacent to an activating group) is 2. The largest absolute Gasteiger partial charge is 0.313 e. The van der Waals surface area contributed by atoms with Crippen LogP contribution in [0.5, 0.6) is 0 Å². The Balaban J connectivity index is 1.75. The molecule has 0 bridgehead atoms. The topological polar surface area (TPSA) is 56.3 Å². The highest BCUT2D eigenvalue weighted by Gasteiger charge is 2.39. The average Bonchev–Trinajstić information content (AvgIpc) is 3.03. The quantitative estimate of drug-likeness (QED) is 0.805. The van der Waals surface area contributed by atoms with Gasteiger partial charge in [0.1, 0.15) is 5.54 Å². The molecule has 2 aliphatic rings. The molecule has 3 unspecified atom stereocenters. The van der Waals surface area contributed by atoms with Gasteiger partial charge in [-0.2, -0.15) is 5.26 Å². The lowest BCUT2D eigenvalue weighted by molar-refractivity contribution is 0.188. The van der Waals surface area contributed by atoms with Crippen LogP contribution in [0.2, 0.25) is 0 Å². The fraction of sp³-hybridized carbons (Fsp3) is 0.938. The lowest BCUT2D eigenvalue weighted by atomic mass is 9.87. The standard InChI is InChI=1S/C16H30N4/c1-3-20-10-5-7-15(20)12-19(2)11-8-14-6-4-9-16(14,18)13-17/h14-15H,3-12,18H2,1-2H3. The lowest BCUT2D eigenvalue weighted by Crippen LogP contribution is -2.44. The van der Waals surface area contributed by atoms with Gasteiger partial charge < -0.3 is 10.6 Å². The number of nitrogens with zero attached hydrogens (tertiary/aromatic N) is 3. The first-order valence-electron chi connectivity index (χ1n) is 8.21. The molecule has 20 heavy (non-hydrogen) atoms. The van der Waals surface area contributed by atoms with Gasteiger partial charge in [-0.1, -0.05) is 13.3 Å². The van der Waals surface area contributed by atoms with Gasteiger partial charge in [-0.15, -0.1) is 0 Å². The van der Waals surface area contributed by atoms with E-state index in [0.717, 1.165) is 44.8 Å². The Morgan fingerprint density at radius 3 is 2.90 bits per heavy atom. The Morgan fingerprint density at radius 2 is 2.20 bits per heavy atom. The van der Waals surface area contributed by atoms with E-state index in [1.165, 1.54) is 25.9 Å². The first-order valence-corrected chi connectivity index (χ1v) is 8.21. The number of nitrogens with two attached hydrogens (primary N) is 1. The summed E-state index contributed by atoms with van der Waals surface area (Å²) in [7, 11) is 2.21. The molecule has 0 aromatic heterocycles. The third-order valence-corrected chi connectivity index (χ3v) is 5.37. The predicted octanol–water partition coefficient (Wildman–Crippen LogP) is 1.81. The molecule has 4 heteroatoms. The third kappa shape index (κ3) is 3.52. The minimum atomic E-state index is -0.552. The first-order chi connectivity index (χ1) is 9.59. The molecule has 1 saturated carbocycles. The minimum absolute atomic E-state index is 0.390. The molecule has 3 atom stereocenters. The van der Waals surface area contributed by atoms with Crippen molar-refractivity contribution in [2.24, 2.45) is 11.7 Å². The van der Waals surface area contributed by atoms with Gasteiger partial charge >= 0.3 is 0 Å². The molecule has 1 saturated heterocycles. The number of hydrogen-bond donors (Lipinski definition) is 1. The Morgan fingerprint density at radius 1 is 1.40 bits per heavy atom. The highest BCUT2D eigenvalue weighted by atomic mass is 15.2. The molecule has 0 aromatic rings. The van der Waals surface area contributed by atoms with Crippen LogP contribution in [0.4, 0.5) is 0 Å². The van der Waals surface area contributed by atoms with E-state index in [0.29, 0.717) is 5.92 Å². The second-order valence-corrected chi connectivity index (χ2v) is 6.72. The van der Waals surface area contributed by atoms with Crippen LogP contribution in [-0.4, -0.2) is 54.6 Å². The van der Waals surface area contributed by atoms with Gasteiger partial charge in [0.2, 0.25) is 0 Å². The van der Waals surface area contributed by atoms with Crippen molar-refractivity contribution in [2.45, 2.75) is 57.0 Å². The summed E-state index contributed by atoms with van der Waals surface area (Å²) >= 11 is 0. The van der Waals surface area contributed by atoms with Crippen molar-refractivity contribution in [3.63, 3.8) is 0 Å². The van der Waals surface area contributed by atoms with E-state index in [-0.39, 0.29) is 0 Å². The summed E-state index contributed by atoms with van der Waals surface area (Å²) in [5, 5.41) is 9.26. The van der Waals surface area contributed by atoms with E-state index in [9.17, 15) is 5.26 Å². The van der Waals surface area contributed by atoms with Crippen molar-refractivity contribution in [3.8, 4) is 6.07 Å². The molecule has 0 radical (unpaired) electrons. The molecule has 2 fully saturated rings. The highest BCUT2D eigenvalue weighted by molar-refractivity contribution is 5.11. The minimum Gasteiger partial charge on any atom is -0.313 e. The predicted molar refractivity (Wildman–Crippen MR) is 82.3 cm³/mol. The second kappa shape index (κ2) is 6.89. The molecule has 1 aliphatic heterocycles. The van der Waals surface area contributed by atoms with Gasteiger partial charge in [0.15, 0.2) is 0 Å². The van der Waals surface area contributed by atoms with Crippen LogP contribution in [0.1, 0.15) is 45.4 Å². The van der Waals surface area contributed by atoms with Crippen molar-refractivity contribution < 1.29 is 0 Å². The molecule has 114 valence electrons. The van der Waals surface area contributed by atoms with Crippen LogP contribution in [0.15, 0.2) is 0 Å². The summed E-state index contributed by atoms with van der Waals surface area (Å²) in [6, 6.07) is 3.08. The third-order valence-electron chi connectivity index (χ3n) is 5.37. The van der Waals surface area contributed by atoms with Gasteiger partial charge in [-0.3, -0.25) is 4.90 Å². The van der Waals surface area contributed by atoms with Gasteiger partial charge in [0.05, 0.1) is 6.07 Å². The van der Waals surface area contributed by atoms with Crippen molar-refractivity contribution in [1.29, 1.82) is 5.26 Å². The molecule has 0 spiro atoms. The fourth-order valence-electron chi connectivity index (χ4n) is 4.00. The summed E-state index contributed by atoms with van der Waals surface area (Å²) < 4.78 is 0. The Kier molecular flexibility index (Phi) is 5.42. The van der Waals surface area contributed by atoms with E-state index in [1.807, 2.05) is 0 Å². The maximum Gasteiger partial charge on any atom is 0.107 e. The molecule has 1 heterocycles. The molecular formula is C16H30N4. The molecule has 0 amide bonds. The summed E-state index contributed by atoms with van der Waals surface area (Å²) in [4.78, 5) is 5.03. The lowest BCUT2D eigenvalue weighted by Gasteiger charge is -2.30. The van der Waals surface area contributed by atoms with E-state index in [2.05, 4.69) is 29.8 Å². The zero-order chi connectivity index (χ0) is 14.6. The van der Waals surface area contributed by atoms with Crippen LogP contribution in [0, 0.1) is 17.2 Å². The molecule has 2 rings (SSSR count). The highest BCUT2D eigenvalue weighted by Crippen LogP contribution is 2.35. The van der Waals surface area contributed by atoms with Gasteiger partial charge in [0.25, 0.3) is 0 Å². The summed E-state index contributed by atoms with van der Waals surface area (Å²) in [6.45, 7) is 6.91. The van der Waals surface area contributed by atoms with E-state index in [4.69, 9.17) is 5.73 Å². The van der Waals surface area contributed by atoms with Crippen LogP contribution in [0.25, 0.3) is 0 Å². The maximum absolute atomic E-state index is 9.26. The monoisotopic (exact) mass is 278 g/mol. The normalized spacial score (nSPS) is 34.8. The Labute approximate surface area is 123 Å². The molecular weight excluding hydrogens is 248 g/mol. The van der Waals surface area contributed by atoms with Gasteiger partial charge in [-0.05, 0) is 64.7 Å². The van der Waals surface area contributed by atoms with E-state index < -0.39 is 5.54 Å². The summed E-state index contributed by atoms with van der Waals surface area (Å²) in [6.07, 6.45) is 6.87. The van der Waals surface area contributed by atoms with Crippen LogP contribution >= 0.6 is 0 Å². The molecule has 0 aromatic carbocycles. The van der Waals surface area contributed by atoms with Crippen LogP contribution in [0.3, 0.4) is 0 Å². The molecule has 1 aliphatic carbocycles. The zero-order valence-electron chi connectivity index (χ0n) is 13.1. The number of nitriles is 1. The Bertz CT molecular complexity index is 351. The van der Waals surface area contributed by atoms with E-state index >= 15 is 0 Å². The van der Waals surface area contributed by atoms with Gasteiger partial charge in [-0.25, -0.2) is 0 Å². The fourth-order valence-corrected chi connectivity index (χ4v) is 4.00. The van der Waals surface area contributed by atoms with Crippen LogP contribution < -0.4 is 5.73 Å². The van der Waals surface area contributed by atoms with Crippen molar-refractivity contribution in [1.82, 2.24) is 9.80 Å². The number of rotatable bonds is 6. The first kappa shape index (κ1) is 15.8. The van der Waals surface area contributed by atoms with E-state index in [1.54, 1.807) is 0 Å². The smallest absolute Gasteiger partial charge is 0.107 e. The second-order valence-electron chi connectivity index (χ2n) is 6.72. The molecule has 4 nitrogen and oxygen atoms in total.